The molecule has 0 saturated heterocycles. The van der Waals surface area contributed by atoms with Crippen LogP contribution < -0.4 is 9.47 Å². The molecule has 0 aliphatic rings. The third-order valence-corrected chi connectivity index (χ3v) is 6.65. The van der Waals surface area contributed by atoms with Crippen molar-refractivity contribution in [3.63, 3.8) is 0 Å². The van der Waals surface area contributed by atoms with Crippen LogP contribution in [0.3, 0.4) is 0 Å². The number of rotatable bonds is 17. The fourth-order valence-electron chi connectivity index (χ4n) is 4.14. The zero-order valence-corrected chi connectivity index (χ0v) is 20.6. The summed E-state index contributed by atoms with van der Waals surface area (Å²) in [4.78, 5) is 13.7. The van der Waals surface area contributed by atoms with Crippen molar-refractivity contribution in [2.24, 2.45) is 5.92 Å². The standard InChI is InChI=1S/C25H41O4P/c1-6-7-8-9-10-11-12-13-14-18-25(30-27,19-20(2)3)24(26)23-21(28-4)16-15-17-22(23)29-5/h15-17,20H,6-14,18-19H2,1-5H3. The predicted octanol–water partition coefficient (Wildman–Crippen LogP) is 7.88. The molecule has 1 aromatic rings. The number of carbonyl (C=O) groups excluding carboxylic acids is 1. The molecule has 0 spiro atoms. The quantitative estimate of drug-likeness (QED) is 0.142. The first-order valence-electron chi connectivity index (χ1n) is 11.6. The Morgan fingerprint density at radius 1 is 0.933 bits per heavy atom. The highest BCUT2D eigenvalue weighted by atomic mass is 31.1. The molecule has 0 fully saturated rings. The first-order valence-corrected chi connectivity index (χ1v) is 12.4. The van der Waals surface area contributed by atoms with Gasteiger partial charge in [-0.3, -0.25) is 9.36 Å². The van der Waals surface area contributed by atoms with Crippen molar-refractivity contribution in [1.82, 2.24) is 0 Å². The molecule has 170 valence electrons. The van der Waals surface area contributed by atoms with E-state index in [0.29, 0.717) is 29.9 Å². The third kappa shape index (κ3) is 8.02. The number of hydrogen-bond donors (Lipinski definition) is 0. The van der Waals surface area contributed by atoms with E-state index >= 15 is 0 Å². The van der Waals surface area contributed by atoms with E-state index in [1.54, 1.807) is 32.4 Å². The predicted molar refractivity (Wildman–Crippen MR) is 126 cm³/mol. The maximum Gasteiger partial charge on any atom is 0.187 e. The van der Waals surface area contributed by atoms with Gasteiger partial charge in [-0.25, -0.2) is 0 Å². The molecule has 0 saturated carbocycles. The molecule has 1 aromatic carbocycles. The summed E-state index contributed by atoms with van der Waals surface area (Å²) in [6.45, 7) is 6.38. The van der Waals surface area contributed by atoms with Crippen molar-refractivity contribution in [2.75, 3.05) is 14.2 Å². The van der Waals surface area contributed by atoms with Crippen molar-refractivity contribution in [3.8, 4) is 11.5 Å². The Kier molecular flexibility index (Phi) is 12.9. The van der Waals surface area contributed by atoms with Crippen molar-refractivity contribution in [2.45, 2.75) is 96.6 Å². The summed E-state index contributed by atoms with van der Waals surface area (Å²) < 4.78 is 23.3. The van der Waals surface area contributed by atoms with Gasteiger partial charge >= 0.3 is 0 Å². The zero-order chi connectivity index (χ0) is 22.4. The van der Waals surface area contributed by atoms with Gasteiger partial charge in [-0.1, -0.05) is 84.6 Å². The van der Waals surface area contributed by atoms with Gasteiger partial charge in [0.05, 0.1) is 14.2 Å². The van der Waals surface area contributed by atoms with Crippen LogP contribution in [0, 0.1) is 5.92 Å². The topological polar surface area (TPSA) is 52.6 Å². The Hall–Kier alpha value is -1.41. The molecule has 5 heteroatoms. The van der Waals surface area contributed by atoms with E-state index in [-0.39, 0.29) is 20.2 Å². The van der Waals surface area contributed by atoms with E-state index in [4.69, 9.17) is 9.47 Å². The first kappa shape index (κ1) is 26.6. The summed E-state index contributed by atoms with van der Waals surface area (Å²) >= 11 is 0. The van der Waals surface area contributed by atoms with E-state index in [0.717, 1.165) is 12.8 Å². The second-order valence-corrected chi connectivity index (χ2v) is 9.70. The molecule has 0 N–H and O–H groups in total. The molecular weight excluding hydrogens is 395 g/mol. The molecule has 0 radical (unpaired) electrons. The molecule has 0 aliphatic heterocycles. The molecule has 0 aliphatic carbocycles. The van der Waals surface area contributed by atoms with Gasteiger partial charge in [0, 0.05) is 0 Å². The van der Waals surface area contributed by atoms with Gasteiger partial charge in [0.1, 0.15) is 22.2 Å². The highest BCUT2D eigenvalue weighted by Gasteiger charge is 2.42. The summed E-state index contributed by atoms with van der Waals surface area (Å²) in [7, 11) is 2.98. The lowest BCUT2D eigenvalue weighted by atomic mass is 9.84. The van der Waals surface area contributed by atoms with Gasteiger partial charge in [-0.05, 0) is 30.9 Å². The fraction of sp³-hybridized carbons (Fsp3) is 0.720. The van der Waals surface area contributed by atoms with Crippen LogP contribution in [0.15, 0.2) is 18.2 Å². The van der Waals surface area contributed by atoms with E-state index in [1.807, 2.05) is 0 Å². The monoisotopic (exact) mass is 436 g/mol. The van der Waals surface area contributed by atoms with Crippen LogP contribution in [-0.4, -0.2) is 25.2 Å². The lowest BCUT2D eigenvalue weighted by Gasteiger charge is -2.28. The minimum absolute atomic E-state index is 0.116. The second kappa shape index (κ2) is 14.6. The first-order chi connectivity index (χ1) is 14.5. The van der Waals surface area contributed by atoms with Crippen LogP contribution in [0.2, 0.25) is 0 Å². The summed E-state index contributed by atoms with van der Waals surface area (Å²) in [5, 5.41) is -0.933. The van der Waals surface area contributed by atoms with Crippen molar-refractivity contribution in [3.05, 3.63) is 23.8 Å². The summed E-state index contributed by atoms with van der Waals surface area (Å²) in [5.74, 6) is 1.07. The zero-order valence-electron chi connectivity index (χ0n) is 19.7. The Bertz CT molecular complexity index is 622. The number of unbranched alkanes of at least 4 members (excludes halogenated alkanes) is 8. The fourth-order valence-corrected chi connectivity index (χ4v) is 5.03. The van der Waals surface area contributed by atoms with E-state index in [2.05, 4.69) is 20.8 Å². The highest BCUT2D eigenvalue weighted by molar-refractivity contribution is 7.28. The van der Waals surface area contributed by atoms with E-state index in [1.165, 1.54) is 44.9 Å². The van der Waals surface area contributed by atoms with Crippen molar-refractivity contribution in [1.29, 1.82) is 0 Å². The number of ketones is 1. The Labute approximate surface area is 185 Å². The summed E-state index contributed by atoms with van der Waals surface area (Å²) in [5.41, 5.74) is 0.405. The number of Topliss-reactive ketones (excluding diaryl/α,β-unsaturated/α-hetero) is 1. The molecule has 1 atom stereocenters. The highest BCUT2D eigenvalue weighted by Crippen LogP contribution is 2.43. The summed E-state index contributed by atoms with van der Waals surface area (Å²) in [6, 6.07) is 5.32. The molecule has 0 aromatic heterocycles. The Morgan fingerprint density at radius 3 is 1.87 bits per heavy atom. The maximum absolute atomic E-state index is 13.7. The smallest absolute Gasteiger partial charge is 0.187 e. The number of carbonyl (C=O) groups is 1. The Morgan fingerprint density at radius 2 is 1.43 bits per heavy atom. The largest absolute Gasteiger partial charge is 0.496 e. The molecule has 1 rings (SSSR count). The maximum atomic E-state index is 13.7. The van der Waals surface area contributed by atoms with Crippen LogP contribution in [0.1, 0.15) is 102 Å². The van der Waals surface area contributed by atoms with Gasteiger partial charge in [0.25, 0.3) is 0 Å². The van der Waals surface area contributed by atoms with Gasteiger partial charge in [-0.2, -0.15) is 0 Å². The number of methoxy groups -OCH3 is 2. The number of benzene rings is 1. The SMILES string of the molecule is CCCCCCCCCCCC(CC(C)C)(P=O)C(=O)c1c(OC)cccc1OC. The Balaban J connectivity index is 2.86. The second-order valence-electron chi connectivity index (χ2n) is 8.67. The minimum atomic E-state index is -0.933. The molecule has 4 nitrogen and oxygen atoms in total. The van der Waals surface area contributed by atoms with Crippen LogP contribution in [0.25, 0.3) is 0 Å². The van der Waals surface area contributed by atoms with Crippen molar-refractivity contribution < 1.29 is 18.8 Å². The van der Waals surface area contributed by atoms with E-state index in [9.17, 15) is 9.36 Å². The number of hydrogen-bond acceptors (Lipinski definition) is 4. The molecule has 30 heavy (non-hydrogen) atoms. The van der Waals surface area contributed by atoms with Gasteiger partial charge in [0.2, 0.25) is 0 Å². The summed E-state index contributed by atoms with van der Waals surface area (Å²) in [6.07, 6.45) is 12.1. The van der Waals surface area contributed by atoms with Crippen molar-refractivity contribution >= 4 is 14.2 Å². The molecule has 0 bridgehead atoms. The third-order valence-electron chi connectivity index (χ3n) is 5.69. The molecule has 1 unspecified atom stereocenters. The van der Waals surface area contributed by atoms with Gasteiger partial charge in [0.15, 0.2) is 14.2 Å². The number of ether oxygens (including phenoxy) is 2. The van der Waals surface area contributed by atoms with E-state index < -0.39 is 5.16 Å². The molecular formula is C25H41O4P. The average Bonchev–Trinajstić information content (AvgIpc) is 2.75. The lowest BCUT2D eigenvalue weighted by Crippen LogP contribution is -2.35. The van der Waals surface area contributed by atoms with Crippen LogP contribution in [-0.2, 0) is 4.57 Å². The van der Waals surface area contributed by atoms with Crippen LogP contribution in [0.4, 0.5) is 0 Å². The minimum Gasteiger partial charge on any atom is -0.496 e. The normalized spacial score (nSPS) is 13.4. The average molecular weight is 437 g/mol. The molecule has 0 amide bonds. The van der Waals surface area contributed by atoms with Crippen LogP contribution in [0.5, 0.6) is 11.5 Å². The molecule has 0 heterocycles. The van der Waals surface area contributed by atoms with Crippen LogP contribution >= 0.6 is 8.46 Å². The van der Waals surface area contributed by atoms with Gasteiger partial charge in [-0.15, -0.1) is 0 Å². The van der Waals surface area contributed by atoms with Gasteiger partial charge < -0.3 is 9.47 Å². The lowest BCUT2D eigenvalue weighted by molar-refractivity contribution is 0.0911.